The van der Waals surface area contributed by atoms with E-state index in [1.54, 1.807) is 61.4 Å². The van der Waals surface area contributed by atoms with Crippen molar-refractivity contribution >= 4 is 33.3 Å². The number of nitrogens with zero attached hydrogens (tertiary/aromatic N) is 2. The number of benzene rings is 3. The van der Waals surface area contributed by atoms with Gasteiger partial charge in [0.2, 0.25) is 15.9 Å². The molecule has 0 spiro atoms. The molecule has 0 saturated heterocycles. The molecule has 4 rings (SSSR count). The van der Waals surface area contributed by atoms with Crippen LogP contribution in [0.5, 0.6) is 11.5 Å². The number of aliphatic hydroxyl groups is 1. The molecule has 0 bridgehead atoms. The van der Waals surface area contributed by atoms with Crippen molar-refractivity contribution in [3.05, 3.63) is 78.1 Å². The molecule has 3 aromatic carbocycles. The van der Waals surface area contributed by atoms with Crippen molar-refractivity contribution in [2.75, 3.05) is 44.5 Å². The number of carbonyl (C=O) groups excluding carboxylic acids is 2. The van der Waals surface area contributed by atoms with E-state index in [0.717, 1.165) is 16.4 Å². The van der Waals surface area contributed by atoms with E-state index in [0.29, 0.717) is 28.4 Å². The molecule has 44 heavy (non-hydrogen) atoms. The number of nitrogens with one attached hydrogen (secondary N) is 2. The average Bonchev–Trinajstić information content (AvgIpc) is 3.04. The van der Waals surface area contributed by atoms with Gasteiger partial charge >= 0.3 is 6.03 Å². The third-order valence-electron chi connectivity index (χ3n) is 7.48. The number of ether oxygens (including phenoxy) is 2. The summed E-state index contributed by atoms with van der Waals surface area (Å²) in [5, 5.41) is 15.4. The molecule has 1 heterocycles. The molecule has 3 N–H and O–H groups in total. The summed E-state index contributed by atoms with van der Waals surface area (Å²) in [6.07, 6.45) is -0.774. The lowest BCUT2D eigenvalue weighted by atomic mass is 10.0. The number of methoxy groups -OCH3 is 1. The SMILES string of the molecule is COc1ccc(NC(=O)Nc2ccc3c(c2)CC(=O)N([C@H](C)CO)C[C@@H](C)[C@H](CN(C)S(=O)(=O)c2ccc(F)cc2)O3)cc1. The smallest absolute Gasteiger partial charge is 0.323 e. The number of anilines is 2. The van der Waals surface area contributed by atoms with Gasteiger partial charge in [-0.25, -0.2) is 17.6 Å². The third kappa shape index (κ3) is 7.84. The van der Waals surface area contributed by atoms with Gasteiger partial charge in [-0.2, -0.15) is 4.31 Å². The molecular weight excluding hydrogens is 591 g/mol. The molecule has 0 radical (unpaired) electrons. The second-order valence-electron chi connectivity index (χ2n) is 10.8. The van der Waals surface area contributed by atoms with Crippen molar-refractivity contribution in [3.8, 4) is 11.5 Å². The summed E-state index contributed by atoms with van der Waals surface area (Å²) < 4.78 is 52.6. The molecule has 13 heteroatoms. The molecule has 0 aliphatic carbocycles. The first kappa shape index (κ1) is 32.7. The van der Waals surface area contributed by atoms with Gasteiger partial charge < -0.3 is 30.1 Å². The number of sulfonamides is 1. The van der Waals surface area contributed by atoms with E-state index < -0.39 is 34.0 Å². The second-order valence-corrected chi connectivity index (χ2v) is 12.8. The zero-order valence-electron chi connectivity index (χ0n) is 25.0. The summed E-state index contributed by atoms with van der Waals surface area (Å²) in [4.78, 5) is 27.7. The number of aliphatic hydroxyl groups excluding tert-OH is 1. The Morgan fingerprint density at radius 3 is 2.39 bits per heavy atom. The molecule has 1 aliphatic heterocycles. The van der Waals surface area contributed by atoms with Crippen LogP contribution in [0.3, 0.4) is 0 Å². The Labute approximate surface area is 256 Å². The van der Waals surface area contributed by atoms with Crippen LogP contribution in [-0.4, -0.2) is 80.7 Å². The van der Waals surface area contributed by atoms with Crippen molar-refractivity contribution in [3.63, 3.8) is 0 Å². The number of rotatable bonds is 9. The van der Waals surface area contributed by atoms with Gasteiger partial charge in [0.1, 0.15) is 23.4 Å². The Balaban J connectivity index is 1.60. The minimum Gasteiger partial charge on any atom is -0.497 e. The molecule has 3 atom stereocenters. The molecule has 0 aromatic heterocycles. The lowest BCUT2D eigenvalue weighted by Gasteiger charge is -2.33. The summed E-state index contributed by atoms with van der Waals surface area (Å²) in [5.74, 6) is -0.142. The predicted octanol–water partition coefficient (Wildman–Crippen LogP) is 3.95. The molecule has 236 valence electrons. The highest BCUT2D eigenvalue weighted by Crippen LogP contribution is 2.30. The van der Waals surface area contributed by atoms with Crippen LogP contribution in [0.4, 0.5) is 20.6 Å². The van der Waals surface area contributed by atoms with Gasteiger partial charge in [-0.3, -0.25) is 4.79 Å². The Bertz CT molecular complexity index is 1570. The maximum Gasteiger partial charge on any atom is 0.323 e. The van der Waals surface area contributed by atoms with Gasteiger partial charge in [-0.1, -0.05) is 6.92 Å². The Morgan fingerprint density at radius 2 is 1.75 bits per heavy atom. The van der Waals surface area contributed by atoms with E-state index in [2.05, 4.69) is 10.6 Å². The van der Waals surface area contributed by atoms with Gasteiger partial charge in [0.05, 0.1) is 37.6 Å². The highest BCUT2D eigenvalue weighted by molar-refractivity contribution is 7.89. The normalized spacial score (nSPS) is 17.9. The predicted molar refractivity (Wildman–Crippen MR) is 164 cm³/mol. The fraction of sp³-hybridized carbons (Fsp3) is 0.355. The highest BCUT2D eigenvalue weighted by atomic mass is 32.2. The van der Waals surface area contributed by atoms with Gasteiger partial charge in [0, 0.05) is 36.4 Å². The fourth-order valence-electron chi connectivity index (χ4n) is 4.83. The number of likely N-dealkylation sites (N-methyl/N-ethyl adjacent to an activating group) is 1. The van der Waals surface area contributed by atoms with Crippen LogP contribution in [-0.2, 0) is 21.2 Å². The maximum atomic E-state index is 13.5. The third-order valence-corrected chi connectivity index (χ3v) is 9.32. The first-order valence-electron chi connectivity index (χ1n) is 14.0. The van der Waals surface area contributed by atoms with Crippen molar-refractivity contribution in [2.45, 2.75) is 37.3 Å². The summed E-state index contributed by atoms with van der Waals surface area (Å²) in [7, 11) is -1.02. The summed E-state index contributed by atoms with van der Waals surface area (Å²) in [6.45, 7) is 3.45. The molecule has 1 aliphatic rings. The molecule has 11 nitrogen and oxygen atoms in total. The fourth-order valence-corrected chi connectivity index (χ4v) is 6.01. The number of urea groups is 1. The summed E-state index contributed by atoms with van der Waals surface area (Å²) >= 11 is 0. The van der Waals surface area contributed by atoms with Gasteiger partial charge in [0.15, 0.2) is 0 Å². The molecule has 0 unspecified atom stereocenters. The van der Waals surface area contributed by atoms with E-state index in [4.69, 9.17) is 9.47 Å². The molecule has 0 saturated carbocycles. The van der Waals surface area contributed by atoms with E-state index in [1.807, 2.05) is 6.92 Å². The minimum atomic E-state index is -3.98. The topological polar surface area (TPSA) is 138 Å². The Hall–Kier alpha value is -4.20. The van der Waals surface area contributed by atoms with Crippen molar-refractivity contribution in [1.82, 2.24) is 9.21 Å². The number of hydrogen-bond acceptors (Lipinski definition) is 7. The van der Waals surface area contributed by atoms with Crippen molar-refractivity contribution < 1.29 is 37.0 Å². The van der Waals surface area contributed by atoms with E-state index in [-0.39, 0.29) is 42.8 Å². The second kappa shape index (κ2) is 14.1. The first-order chi connectivity index (χ1) is 20.9. The summed E-state index contributed by atoms with van der Waals surface area (Å²) in [6, 6.07) is 15.3. The van der Waals surface area contributed by atoms with Crippen LogP contribution in [0.15, 0.2) is 71.6 Å². The maximum absolute atomic E-state index is 13.5. The quantitative estimate of drug-likeness (QED) is 0.326. The Morgan fingerprint density at radius 1 is 1.11 bits per heavy atom. The number of halogens is 1. The van der Waals surface area contributed by atoms with Crippen LogP contribution in [0.1, 0.15) is 19.4 Å². The molecule has 0 fully saturated rings. The first-order valence-corrected chi connectivity index (χ1v) is 15.5. The zero-order valence-corrected chi connectivity index (χ0v) is 25.8. The lowest BCUT2D eigenvalue weighted by Crippen LogP contribution is -2.48. The average molecular weight is 629 g/mol. The van der Waals surface area contributed by atoms with E-state index in [9.17, 15) is 27.5 Å². The largest absolute Gasteiger partial charge is 0.497 e. The summed E-state index contributed by atoms with van der Waals surface area (Å²) in [5.41, 5.74) is 1.44. The minimum absolute atomic E-state index is 0.0631. The van der Waals surface area contributed by atoms with Crippen LogP contribution in [0, 0.1) is 11.7 Å². The molecular formula is C31H37FN4O7S. The van der Waals surface area contributed by atoms with E-state index in [1.165, 1.54) is 19.2 Å². The van der Waals surface area contributed by atoms with Crippen LogP contribution < -0.4 is 20.1 Å². The van der Waals surface area contributed by atoms with Crippen LogP contribution in [0.25, 0.3) is 0 Å². The van der Waals surface area contributed by atoms with Crippen molar-refractivity contribution in [1.29, 1.82) is 0 Å². The number of fused-ring (bicyclic) bond motifs is 1. The highest BCUT2D eigenvalue weighted by Gasteiger charge is 2.33. The number of hydrogen-bond donors (Lipinski definition) is 3. The van der Waals surface area contributed by atoms with E-state index >= 15 is 0 Å². The number of carbonyl (C=O) groups is 2. The monoisotopic (exact) mass is 628 g/mol. The molecule has 3 aromatic rings. The lowest BCUT2D eigenvalue weighted by molar-refractivity contribution is -0.134. The van der Waals surface area contributed by atoms with Gasteiger partial charge in [-0.15, -0.1) is 0 Å². The molecule has 3 amide bonds. The standard InChI is InChI=1S/C31H37FN4O7S/c1-20-17-36(21(2)19-37)30(38)16-22-15-25(34-31(39)33-24-7-10-26(42-4)11-8-24)9-14-28(22)43-29(20)18-35(3)44(40,41)27-12-5-23(32)6-13-27/h5-15,20-21,29,37H,16-19H2,1-4H3,(H2,33,34,39)/t20-,21-,29+/m1/s1. The van der Waals surface area contributed by atoms with Gasteiger partial charge in [-0.05, 0) is 73.7 Å². The van der Waals surface area contributed by atoms with Crippen LogP contribution in [0.2, 0.25) is 0 Å². The van der Waals surface area contributed by atoms with Crippen LogP contribution >= 0.6 is 0 Å². The Kier molecular flexibility index (Phi) is 10.4. The van der Waals surface area contributed by atoms with Gasteiger partial charge in [0.25, 0.3) is 0 Å². The van der Waals surface area contributed by atoms with Crippen molar-refractivity contribution in [2.24, 2.45) is 5.92 Å². The number of amides is 3. The zero-order chi connectivity index (χ0) is 32.0.